The van der Waals surface area contributed by atoms with Crippen molar-refractivity contribution in [3.05, 3.63) is 28.8 Å². The summed E-state index contributed by atoms with van der Waals surface area (Å²) in [7, 11) is 0. The normalized spacial score (nSPS) is 16.3. The highest BCUT2D eigenvalue weighted by atomic mass is 35.5. The van der Waals surface area contributed by atoms with Crippen LogP contribution in [0.25, 0.3) is 0 Å². The SMILES string of the molecule is CCCN(C(=O)c1cc(NC(=O)CC(C)C)ccc1Cl)C1CCNC1.Cl. The van der Waals surface area contributed by atoms with Crippen LogP contribution in [-0.4, -0.2) is 42.4 Å². The molecule has 26 heavy (non-hydrogen) atoms. The van der Waals surface area contributed by atoms with E-state index in [0.29, 0.717) is 29.2 Å². The van der Waals surface area contributed by atoms with Crippen LogP contribution in [0.5, 0.6) is 0 Å². The zero-order valence-electron chi connectivity index (χ0n) is 15.7. The van der Waals surface area contributed by atoms with Crippen molar-refractivity contribution < 1.29 is 9.59 Å². The Kier molecular flexibility index (Phi) is 9.41. The molecule has 1 aliphatic rings. The summed E-state index contributed by atoms with van der Waals surface area (Å²) in [4.78, 5) is 26.9. The zero-order chi connectivity index (χ0) is 18.4. The van der Waals surface area contributed by atoms with Gasteiger partial charge in [0.1, 0.15) is 0 Å². The van der Waals surface area contributed by atoms with Gasteiger partial charge in [-0.05, 0) is 43.5 Å². The van der Waals surface area contributed by atoms with E-state index in [1.807, 2.05) is 18.7 Å². The van der Waals surface area contributed by atoms with Gasteiger partial charge >= 0.3 is 0 Å². The molecule has 0 bridgehead atoms. The van der Waals surface area contributed by atoms with Gasteiger partial charge in [0.15, 0.2) is 0 Å². The van der Waals surface area contributed by atoms with Crippen molar-refractivity contribution >= 4 is 41.5 Å². The molecule has 1 unspecified atom stereocenters. The van der Waals surface area contributed by atoms with Crippen LogP contribution in [0.3, 0.4) is 0 Å². The molecule has 7 heteroatoms. The van der Waals surface area contributed by atoms with Crippen LogP contribution in [0, 0.1) is 5.92 Å². The quantitative estimate of drug-likeness (QED) is 0.726. The Morgan fingerprint density at radius 3 is 2.69 bits per heavy atom. The number of nitrogens with zero attached hydrogens (tertiary/aromatic N) is 1. The number of nitrogens with one attached hydrogen (secondary N) is 2. The lowest BCUT2D eigenvalue weighted by Crippen LogP contribution is -2.42. The van der Waals surface area contributed by atoms with Crippen LogP contribution >= 0.6 is 24.0 Å². The number of carbonyl (C=O) groups is 2. The first-order chi connectivity index (χ1) is 11.9. The summed E-state index contributed by atoms with van der Waals surface area (Å²) in [6, 6.07) is 5.30. The van der Waals surface area contributed by atoms with Crippen molar-refractivity contribution in [2.24, 2.45) is 5.92 Å². The first-order valence-electron chi connectivity index (χ1n) is 9.03. The van der Waals surface area contributed by atoms with Crippen molar-refractivity contribution in [2.75, 3.05) is 25.0 Å². The Bertz CT molecular complexity index is 617. The first-order valence-corrected chi connectivity index (χ1v) is 9.41. The maximum absolute atomic E-state index is 13.1. The third-order valence-electron chi connectivity index (χ3n) is 4.27. The monoisotopic (exact) mass is 401 g/mol. The predicted molar refractivity (Wildman–Crippen MR) is 109 cm³/mol. The summed E-state index contributed by atoms with van der Waals surface area (Å²) in [6.45, 7) is 8.49. The Hall–Kier alpha value is -1.30. The van der Waals surface area contributed by atoms with E-state index >= 15 is 0 Å². The Balaban J connectivity index is 0.00000338. The van der Waals surface area contributed by atoms with Gasteiger partial charge in [-0.25, -0.2) is 0 Å². The third-order valence-corrected chi connectivity index (χ3v) is 4.60. The van der Waals surface area contributed by atoms with Crippen LogP contribution in [-0.2, 0) is 4.79 Å². The number of halogens is 2. The number of hydrogen-bond donors (Lipinski definition) is 2. The predicted octanol–water partition coefficient (Wildman–Crippen LogP) is 3.96. The third kappa shape index (κ3) is 6.15. The van der Waals surface area contributed by atoms with Crippen LogP contribution in [0.1, 0.15) is 50.4 Å². The van der Waals surface area contributed by atoms with Crippen molar-refractivity contribution in [1.29, 1.82) is 0 Å². The van der Waals surface area contributed by atoms with Crippen molar-refractivity contribution in [2.45, 2.75) is 46.1 Å². The highest BCUT2D eigenvalue weighted by molar-refractivity contribution is 6.34. The van der Waals surface area contributed by atoms with E-state index in [1.165, 1.54) is 0 Å². The Morgan fingerprint density at radius 1 is 1.38 bits per heavy atom. The van der Waals surface area contributed by atoms with Gasteiger partial charge < -0.3 is 15.5 Å². The number of hydrogen-bond acceptors (Lipinski definition) is 3. The number of carbonyl (C=O) groups excluding carboxylic acids is 2. The molecule has 1 atom stereocenters. The second kappa shape index (κ2) is 10.8. The van der Waals surface area contributed by atoms with Gasteiger partial charge in [-0.1, -0.05) is 32.4 Å². The van der Waals surface area contributed by atoms with E-state index < -0.39 is 0 Å². The van der Waals surface area contributed by atoms with Crippen LogP contribution < -0.4 is 10.6 Å². The molecule has 0 spiro atoms. The van der Waals surface area contributed by atoms with Gasteiger partial charge in [0.2, 0.25) is 5.91 Å². The second-order valence-corrected chi connectivity index (χ2v) is 7.39. The summed E-state index contributed by atoms with van der Waals surface area (Å²) in [5, 5.41) is 6.58. The van der Waals surface area contributed by atoms with Gasteiger partial charge in [-0.2, -0.15) is 0 Å². The maximum Gasteiger partial charge on any atom is 0.255 e. The molecule has 0 saturated carbocycles. The fraction of sp³-hybridized carbons (Fsp3) is 0.579. The van der Waals surface area contributed by atoms with E-state index in [2.05, 4.69) is 17.6 Å². The molecule has 1 aromatic carbocycles. The molecule has 2 amide bonds. The minimum absolute atomic E-state index is 0. The molecule has 1 aromatic rings. The van der Waals surface area contributed by atoms with Crippen LogP contribution in [0.4, 0.5) is 5.69 Å². The lowest BCUT2D eigenvalue weighted by atomic mass is 10.1. The van der Waals surface area contributed by atoms with Gasteiger partial charge in [-0.3, -0.25) is 9.59 Å². The summed E-state index contributed by atoms with van der Waals surface area (Å²) < 4.78 is 0. The molecule has 146 valence electrons. The summed E-state index contributed by atoms with van der Waals surface area (Å²) in [5.41, 5.74) is 1.06. The molecule has 0 aromatic heterocycles. The van der Waals surface area contributed by atoms with Crippen molar-refractivity contribution in [1.82, 2.24) is 10.2 Å². The first kappa shape index (κ1) is 22.7. The van der Waals surface area contributed by atoms with E-state index in [-0.39, 0.29) is 36.2 Å². The standard InChI is InChI=1S/C19H28ClN3O2.ClH/c1-4-9-23(15-7-8-21-12-15)19(25)16-11-14(5-6-17(16)20)22-18(24)10-13(2)3;/h5-6,11,13,15,21H,4,7-10,12H2,1-3H3,(H,22,24);1H. The molecule has 5 nitrogen and oxygen atoms in total. The smallest absolute Gasteiger partial charge is 0.255 e. The van der Waals surface area contributed by atoms with Crippen LogP contribution in [0.2, 0.25) is 5.02 Å². The number of rotatable bonds is 7. The number of amides is 2. The lowest BCUT2D eigenvalue weighted by Gasteiger charge is -2.28. The molecule has 1 fully saturated rings. The minimum atomic E-state index is -0.0690. The lowest BCUT2D eigenvalue weighted by molar-refractivity contribution is -0.116. The Morgan fingerprint density at radius 2 is 2.12 bits per heavy atom. The molecule has 1 saturated heterocycles. The fourth-order valence-electron chi connectivity index (χ4n) is 3.10. The van der Waals surface area contributed by atoms with E-state index in [4.69, 9.17) is 11.6 Å². The van der Waals surface area contributed by atoms with Gasteiger partial charge in [-0.15, -0.1) is 12.4 Å². The molecule has 0 aliphatic carbocycles. The van der Waals surface area contributed by atoms with E-state index in [9.17, 15) is 9.59 Å². The van der Waals surface area contributed by atoms with Gasteiger partial charge in [0.25, 0.3) is 5.91 Å². The number of anilines is 1. The molecule has 0 radical (unpaired) electrons. The average Bonchev–Trinajstić information content (AvgIpc) is 3.07. The molecular formula is C19H29Cl2N3O2. The van der Waals surface area contributed by atoms with Crippen LogP contribution in [0.15, 0.2) is 18.2 Å². The highest BCUT2D eigenvalue weighted by Gasteiger charge is 2.28. The second-order valence-electron chi connectivity index (χ2n) is 6.99. The van der Waals surface area contributed by atoms with Crippen molar-refractivity contribution in [3.8, 4) is 0 Å². The summed E-state index contributed by atoms with van der Waals surface area (Å²) in [6.07, 6.45) is 2.29. The van der Waals surface area contributed by atoms with E-state index in [1.54, 1.807) is 18.2 Å². The summed E-state index contributed by atoms with van der Waals surface area (Å²) in [5.74, 6) is 0.157. The minimum Gasteiger partial charge on any atom is -0.334 e. The molecular weight excluding hydrogens is 373 g/mol. The molecule has 1 heterocycles. The molecule has 2 rings (SSSR count). The van der Waals surface area contributed by atoms with Crippen molar-refractivity contribution in [3.63, 3.8) is 0 Å². The maximum atomic E-state index is 13.1. The van der Waals surface area contributed by atoms with Gasteiger partial charge in [0.05, 0.1) is 10.6 Å². The average molecular weight is 402 g/mol. The van der Waals surface area contributed by atoms with E-state index in [0.717, 1.165) is 25.9 Å². The Labute approximate surface area is 167 Å². The van der Waals surface area contributed by atoms with Gasteiger partial charge in [0, 0.05) is 31.2 Å². The summed E-state index contributed by atoms with van der Waals surface area (Å²) >= 11 is 6.29. The fourth-order valence-corrected chi connectivity index (χ4v) is 3.30. The zero-order valence-corrected chi connectivity index (χ0v) is 17.3. The number of benzene rings is 1. The molecule has 2 N–H and O–H groups in total. The topological polar surface area (TPSA) is 61.4 Å². The largest absolute Gasteiger partial charge is 0.334 e. The molecule has 1 aliphatic heterocycles. The highest BCUT2D eigenvalue weighted by Crippen LogP contribution is 2.24.